The van der Waals surface area contributed by atoms with Gasteiger partial charge in [-0.1, -0.05) is 18.3 Å². The predicted molar refractivity (Wildman–Crippen MR) is 80.5 cm³/mol. The molecule has 3 N–H and O–H groups in total. The third kappa shape index (κ3) is 3.00. The number of rotatable bonds is 5. The van der Waals surface area contributed by atoms with E-state index < -0.39 is 0 Å². The van der Waals surface area contributed by atoms with Crippen molar-refractivity contribution >= 4 is 34.2 Å². The number of benzene rings is 1. The molecule has 18 heavy (non-hydrogen) atoms. The summed E-state index contributed by atoms with van der Waals surface area (Å²) in [5.41, 5.74) is 7.44. The molecule has 0 saturated heterocycles. The van der Waals surface area contributed by atoms with Gasteiger partial charge in [-0.05, 0) is 23.6 Å². The third-order valence-corrected chi connectivity index (χ3v) is 3.62. The van der Waals surface area contributed by atoms with Crippen LogP contribution in [-0.2, 0) is 6.54 Å². The van der Waals surface area contributed by atoms with E-state index in [1.165, 1.54) is 4.88 Å². The SMILES string of the molecule is COc1ccc(C(N)=S)c(NCc2cccs2)c1. The van der Waals surface area contributed by atoms with Crippen molar-refractivity contribution in [3.05, 3.63) is 46.2 Å². The van der Waals surface area contributed by atoms with Crippen LogP contribution in [0.25, 0.3) is 0 Å². The Labute approximate surface area is 116 Å². The molecule has 5 heteroatoms. The van der Waals surface area contributed by atoms with Gasteiger partial charge in [0.1, 0.15) is 10.7 Å². The second-order valence-corrected chi connectivity index (χ2v) is 5.18. The molecule has 2 rings (SSSR count). The zero-order valence-corrected chi connectivity index (χ0v) is 11.6. The van der Waals surface area contributed by atoms with Crippen molar-refractivity contribution < 1.29 is 4.74 Å². The molecule has 0 aliphatic rings. The van der Waals surface area contributed by atoms with Crippen LogP contribution >= 0.6 is 23.6 Å². The zero-order chi connectivity index (χ0) is 13.0. The fourth-order valence-electron chi connectivity index (χ4n) is 1.61. The van der Waals surface area contributed by atoms with Crippen LogP contribution in [0.2, 0.25) is 0 Å². The molecule has 0 spiro atoms. The summed E-state index contributed by atoms with van der Waals surface area (Å²) in [7, 11) is 1.64. The highest BCUT2D eigenvalue weighted by Gasteiger charge is 2.07. The number of hydrogen-bond acceptors (Lipinski definition) is 4. The van der Waals surface area contributed by atoms with Crippen LogP contribution in [0.15, 0.2) is 35.7 Å². The Morgan fingerprint density at radius 3 is 2.89 bits per heavy atom. The fraction of sp³-hybridized carbons (Fsp3) is 0.154. The van der Waals surface area contributed by atoms with E-state index in [4.69, 9.17) is 22.7 Å². The average molecular weight is 278 g/mol. The number of thiocarbonyl (C=S) groups is 1. The Morgan fingerprint density at radius 2 is 2.28 bits per heavy atom. The fourth-order valence-corrected chi connectivity index (χ4v) is 2.43. The van der Waals surface area contributed by atoms with Gasteiger partial charge in [0.15, 0.2) is 0 Å². The van der Waals surface area contributed by atoms with Gasteiger partial charge in [0, 0.05) is 28.7 Å². The van der Waals surface area contributed by atoms with E-state index in [2.05, 4.69) is 16.8 Å². The van der Waals surface area contributed by atoms with Crippen LogP contribution in [-0.4, -0.2) is 12.1 Å². The zero-order valence-electron chi connectivity index (χ0n) is 9.97. The van der Waals surface area contributed by atoms with E-state index in [0.29, 0.717) is 4.99 Å². The summed E-state index contributed by atoms with van der Waals surface area (Å²) in [6.07, 6.45) is 0. The van der Waals surface area contributed by atoms with Crippen LogP contribution in [0.5, 0.6) is 5.75 Å². The molecule has 0 radical (unpaired) electrons. The van der Waals surface area contributed by atoms with Gasteiger partial charge in [-0.15, -0.1) is 11.3 Å². The first kappa shape index (κ1) is 12.9. The van der Waals surface area contributed by atoms with Gasteiger partial charge in [-0.3, -0.25) is 0 Å². The molecular weight excluding hydrogens is 264 g/mol. The van der Waals surface area contributed by atoms with Crippen molar-refractivity contribution in [2.45, 2.75) is 6.54 Å². The first-order valence-electron chi connectivity index (χ1n) is 5.45. The Kier molecular flexibility index (Phi) is 4.17. The highest BCUT2D eigenvalue weighted by atomic mass is 32.1. The molecule has 0 saturated carbocycles. The summed E-state index contributed by atoms with van der Waals surface area (Å²) in [6.45, 7) is 0.750. The van der Waals surface area contributed by atoms with Crippen LogP contribution in [0.4, 0.5) is 5.69 Å². The summed E-state index contributed by atoms with van der Waals surface area (Å²) in [6, 6.07) is 9.74. The molecule has 2 aromatic rings. The predicted octanol–water partition coefficient (Wildman–Crippen LogP) is 3.00. The quantitative estimate of drug-likeness (QED) is 0.825. The average Bonchev–Trinajstić information content (AvgIpc) is 2.88. The second-order valence-electron chi connectivity index (χ2n) is 3.71. The molecule has 3 nitrogen and oxygen atoms in total. The molecule has 1 heterocycles. The van der Waals surface area contributed by atoms with Crippen LogP contribution in [0, 0.1) is 0 Å². The number of thiophene rings is 1. The molecular formula is C13H14N2OS2. The van der Waals surface area contributed by atoms with E-state index in [9.17, 15) is 0 Å². The van der Waals surface area contributed by atoms with Crippen molar-refractivity contribution in [1.29, 1.82) is 0 Å². The van der Waals surface area contributed by atoms with Crippen molar-refractivity contribution in [2.75, 3.05) is 12.4 Å². The van der Waals surface area contributed by atoms with E-state index >= 15 is 0 Å². The normalized spacial score (nSPS) is 10.1. The Balaban J connectivity index is 2.20. The Bertz CT molecular complexity index is 538. The standard InChI is InChI=1S/C13H14N2OS2/c1-16-9-4-5-11(13(14)17)12(7-9)15-8-10-3-2-6-18-10/h2-7,15H,8H2,1H3,(H2,14,17). The Hall–Kier alpha value is -1.59. The lowest BCUT2D eigenvalue weighted by Crippen LogP contribution is -2.13. The first-order valence-corrected chi connectivity index (χ1v) is 6.73. The van der Waals surface area contributed by atoms with E-state index in [1.54, 1.807) is 18.4 Å². The van der Waals surface area contributed by atoms with Gasteiger partial charge < -0.3 is 15.8 Å². The van der Waals surface area contributed by atoms with Crippen LogP contribution in [0.3, 0.4) is 0 Å². The lowest BCUT2D eigenvalue weighted by Gasteiger charge is -2.12. The molecule has 0 fully saturated rings. The van der Waals surface area contributed by atoms with Crippen molar-refractivity contribution in [3.8, 4) is 5.75 Å². The topological polar surface area (TPSA) is 47.3 Å². The minimum Gasteiger partial charge on any atom is -0.497 e. The highest BCUT2D eigenvalue weighted by molar-refractivity contribution is 7.80. The number of ether oxygens (including phenoxy) is 1. The maximum atomic E-state index is 5.71. The molecule has 0 atom stereocenters. The third-order valence-electron chi connectivity index (χ3n) is 2.53. The van der Waals surface area contributed by atoms with E-state index in [-0.39, 0.29) is 0 Å². The van der Waals surface area contributed by atoms with Gasteiger partial charge in [0.05, 0.1) is 7.11 Å². The monoisotopic (exact) mass is 278 g/mol. The Morgan fingerprint density at radius 1 is 1.44 bits per heavy atom. The molecule has 0 bridgehead atoms. The summed E-state index contributed by atoms with van der Waals surface area (Å²) in [5.74, 6) is 0.781. The summed E-state index contributed by atoms with van der Waals surface area (Å²) >= 11 is 6.75. The lowest BCUT2D eigenvalue weighted by atomic mass is 10.1. The smallest absolute Gasteiger partial charge is 0.120 e. The number of nitrogens with one attached hydrogen (secondary N) is 1. The van der Waals surface area contributed by atoms with E-state index in [0.717, 1.165) is 23.5 Å². The van der Waals surface area contributed by atoms with Gasteiger partial charge in [-0.2, -0.15) is 0 Å². The van der Waals surface area contributed by atoms with Gasteiger partial charge in [-0.25, -0.2) is 0 Å². The van der Waals surface area contributed by atoms with Crippen molar-refractivity contribution in [1.82, 2.24) is 0 Å². The van der Waals surface area contributed by atoms with Gasteiger partial charge in [0.25, 0.3) is 0 Å². The molecule has 0 unspecified atom stereocenters. The van der Waals surface area contributed by atoms with Gasteiger partial charge >= 0.3 is 0 Å². The minimum atomic E-state index is 0.381. The van der Waals surface area contributed by atoms with E-state index in [1.807, 2.05) is 24.3 Å². The molecule has 0 aliphatic heterocycles. The largest absolute Gasteiger partial charge is 0.497 e. The molecule has 1 aromatic heterocycles. The highest BCUT2D eigenvalue weighted by Crippen LogP contribution is 2.23. The number of anilines is 1. The first-order chi connectivity index (χ1) is 8.70. The van der Waals surface area contributed by atoms with Crippen LogP contribution < -0.4 is 15.8 Å². The summed E-state index contributed by atoms with van der Waals surface area (Å²) in [4.78, 5) is 1.64. The molecule has 0 aliphatic carbocycles. The molecule has 1 aromatic carbocycles. The maximum Gasteiger partial charge on any atom is 0.120 e. The van der Waals surface area contributed by atoms with Gasteiger partial charge in [0.2, 0.25) is 0 Å². The summed E-state index contributed by atoms with van der Waals surface area (Å²) in [5, 5.41) is 5.39. The van der Waals surface area contributed by atoms with Crippen molar-refractivity contribution in [3.63, 3.8) is 0 Å². The second kappa shape index (κ2) is 5.84. The molecule has 94 valence electrons. The van der Waals surface area contributed by atoms with Crippen molar-refractivity contribution in [2.24, 2.45) is 5.73 Å². The number of methoxy groups -OCH3 is 1. The van der Waals surface area contributed by atoms with Crippen LogP contribution in [0.1, 0.15) is 10.4 Å². The lowest BCUT2D eigenvalue weighted by molar-refractivity contribution is 0.415. The number of hydrogen-bond donors (Lipinski definition) is 2. The summed E-state index contributed by atoms with van der Waals surface area (Å²) < 4.78 is 5.21. The molecule has 0 amide bonds. The maximum absolute atomic E-state index is 5.71. The number of nitrogens with two attached hydrogens (primary N) is 1. The minimum absolute atomic E-state index is 0.381.